The quantitative estimate of drug-likeness (QED) is 0.235. The fourth-order valence-corrected chi connectivity index (χ4v) is 6.34. The molecule has 0 spiro atoms. The summed E-state index contributed by atoms with van der Waals surface area (Å²) in [6.07, 6.45) is 3.70. The van der Waals surface area contributed by atoms with Crippen molar-refractivity contribution >= 4 is 43.7 Å². The Labute approximate surface area is 231 Å². The fraction of sp³-hybridized carbons (Fsp3) is 0.0556. The van der Waals surface area contributed by atoms with Crippen molar-refractivity contribution in [1.82, 2.24) is 14.5 Å². The van der Waals surface area contributed by atoms with Crippen molar-refractivity contribution in [3.63, 3.8) is 0 Å². The summed E-state index contributed by atoms with van der Waals surface area (Å²) < 4.78 is 9.06. The highest BCUT2D eigenvalue weighted by Crippen LogP contribution is 2.47. The number of hydrogen-bond donors (Lipinski definition) is 0. The normalized spacial score (nSPS) is 11.8. The number of para-hydroxylation sites is 2. The largest absolute Gasteiger partial charge is 0.455 e. The number of rotatable bonds is 3. The van der Waals surface area contributed by atoms with Crippen LogP contribution < -0.4 is 0 Å². The van der Waals surface area contributed by atoms with Crippen molar-refractivity contribution in [1.29, 1.82) is 0 Å². The maximum atomic E-state index is 6.63. The molecule has 0 radical (unpaired) electrons. The first-order valence-corrected chi connectivity index (χ1v) is 13.5. The third-order valence-corrected chi connectivity index (χ3v) is 8.09. The van der Waals surface area contributed by atoms with E-state index in [4.69, 9.17) is 9.40 Å². The molecule has 4 aromatic carbocycles. The third-order valence-electron chi connectivity index (χ3n) is 8.09. The molecule has 0 fully saturated rings. The molecule has 0 N–H and O–H groups in total. The second kappa shape index (κ2) is 8.65. The zero-order chi connectivity index (χ0) is 26.8. The Morgan fingerprint density at radius 1 is 0.600 bits per heavy atom. The van der Waals surface area contributed by atoms with Crippen LogP contribution >= 0.6 is 0 Å². The standard InChI is InChI=1S/C36H25N3O/c1-22-24(27-15-7-9-20-37-27)14-11-18-29(22)39-30-17-5-3-12-25(30)33-34-26-13-4-6-19-31(26)40-36(34)32(23(2)35(33)39)28-16-8-10-21-38-28/h3-21H,1-2H3. The van der Waals surface area contributed by atoms with Gasteiger partial charge in [-0.3, -0.25) is 9.97 Å². The molecular formula is C36H25N3O. The van der Waals surface area contributed by atoms with E-state index in [-0.39, 0.29) is 0 Å². The molecule has 0 aliphatic heterocycles. The zero-order valence-electron chi connectivity index (χ0n) is 22.2. The van der Waals surface area contributed by atoms with Gasteiger partial charge in [0.15, 0.2) is 0 Å². The van der Waals surface area contributed by atoms with E-state index in [2.05, 4.69) is 96.2 Å². The summed E-state index contributed by atoms with van der Waals surface area (Å²) in [7, 11) is 0. The summed E-state index contributed by atoms with van der Waals surface area (Å²) in [6.45, 7) is 4.40. The van der Waals surface area contributed by atoms with Crippen LogP contribution in [-0.2, 0) is 0 Å². The summed E-state index contributed by atoms with van der Waals surface area (Å²) in [5, 5.41) is 4.65. The molecule has 0 atom stereocenters. The molecule has 0 aliphatic carbocycles. The Balaban J connectivity index is 1.61. The molecule has 0 aliphatic rings. The molecule has 4 heterocycles. The van der Waals surface area contributed by atoms with Gasteiger partial charge in [0.05, 0.1) is 22.4 Å². The van der Waals surface area contributed by atoms with Crippen molar-refractivity contribution in [2.45, 2.75) is 13.8 Å². The highest BCUT2D eigenvalue weighted by atomic mass is 16.3. The maximum Gasteiger partial charge on any atom is 0.145 e. The Hall–Kier alpha value is -5.22. The lowest BCUT2D eigenvalue weighted by Gasteiger charge is -2.17. The lowest BCUT2D eigenvalue weighted by atomic mass is 9.95. The molecule has 0 amide bonds. The lowest BCUT2D eigenvalue weighted by molar-refractivity contribution is 0.669. The van der Waals surface area contributed by atoms with Crippen LogP contribution in [0.25, 0.3) is 71.9 Å². The number of fused-ring (bicyclic) bond motifs is 7. The molecule has 40 heavy (non-hydrogen) atoms. The molecule has 8 rings (SSSR count). The number of aromatic nitrogens is 3. The lowest BCUT2D eigenvalue weighted by Crippen LogP contribution is -2.01. The van der Waals surface area contributed by atoms with E-state index in [1.165, 1.54) is 21.9 Å². The van der Waals surface area contributed by atoms with Crippen LogP contribution in [-0.4, -0.2) is 14.5 Å². The zero-order valence-corrected chi connectivity index (χ0v) is 22.2. The predicted molar refractivity (Wildman–Crippen MR) is 164 cm³/mol. The van der Waals surface area contributed by atoms with Crippen molar-refractivity contribution < 1.29 is 4.42 Å². The van der Waals surface area contributed by atoms with E-state index in [0.717, 1.165) is 61.2 Å². The number of hydrogen-bond acceptors (Lipinski definition) is 3. The van der Waals surface area contributed by atoms with Crippen LogP contribution in [0.5, 0.6) is 0 Å². The van der Waals surface area contributed by atoms with Gasteiger partial charge in [-0.05, 0) is 67.4 Å². The smallest absolute Gasteiger partial charge is 0.145 e. The van der Waals surface area contributed by atoms with Crippen molar-refractivity contribution in [3.8, 4) is 28.2 Å². The van der Waals surface area contributed by atoms with E-state index in [9.17, 15) is 0 Å². The maximum absolute atomic E-state index is 6.63. The van der Waals surface area contributed by atoms with E-state index < -0.39 is 0 Å². The molecule has 4 nitrogen and oxygen atoms in total. The van der Waals surface area contributed by atoms with Gasteiger partial charge in [0.2, 0.25) is 0 Å². The first-order valence-electron chi connectivity index (χ1n) is 13.5. The molecule has 0 saturated carbocycles. The van der Waals surface area contributed by atoms with Crippen LogP contribution in [0.2, 0.25) is 0 Å². The number of benzene rings is 4. The second-order valence-electron chi connectivity index (χ2n) is 10.3. The monoisotopic (exact) mass is 515 g/mol. The van der Waals surface area contributed by atoms with Crippen LogP contribution in [0.1, 0.15) is 11.1 Å². The molecule has 0 saturated heterocycles. The van der Waals surface area contributed by atoms with Gasteiger partial charge >= 0.3 is 0 Å². The molecule has 4 aromatic heterocycles. The van der Waals surface area contributed by atoms with E-state index in [1.54, 1.807) is 0 Å². The average Bonchev–Trinajstić information content (AvgIpc) is 3.55. The SMILES string of the molecule is Cc1c(-c2ccccn2)cccc1-n1c2ccccc2c2c3c(oc4ccccc43)c(-c3ccccn3)c(C)c21. The number of furan rings is 1. The summed E-state index contributed by atoms with van der Waals surface area (Å²) >= 11 is 0. The van der Waals surface area contributed by atoms with Crippen LogP contribution in [0.15, 0.2) is 120 Å². The highest BCUT2D eigenvalue weighted by molar-refractivity contribution is 6.30. The van der Waals surface area contributed by atoms with Gasteiger partial charge in [0.25, 0.3) is 0 Å². The minimum Gasteiger partial charge on any atom is -0.455 e. The molecule has 4 heteroatoms. The summed E-state index contributed by atoms with van der Waals surface area (Å²) in [6, 6.07) is 35.7. The Bertz CT molecular complexity index is 2220. The Morgan fingerprint density at radius 2 is 1.30 bits per heavy atom. The van der Waals surface area contributed by atoms with Crippen LogP contribution in [0.3, 0.4) is 0 Å². The topological polar surface area (TPSA) is 43.9 Å². The number of pyridine rings is 2. The van der Waals surface area contributed by atoms with Crippen LogP contribution in [0.4, 0.5) is 0 Å². The van der Waals surface area contributed by atoms with Gasteiger partial charge in [-0.25, -0.2) is 0 Å². The number of aryl methyl sites for hydroxylation is 1. The minimum absolute atomic E-state index is 0.881. The van der Waals surface area contributed by atoms with E-state index in [1.807, 2.05) is 42.7 Å². The van der Waals surface area contributed by atoms with Crippen molar-refractivity contribution in [2.24, 2.45) is 0 Å². The molecular weight excluding hydrogens is 490 g/mol. The van der Waals surface area contributed by atoms with Gasteiger partial charge in [-0.1, -0.05) is 60.7 Å². The van der Waals surface area contributed by atoms with E-state index >= 15 is 0 Å². The molecule has 0 unspecified atom stereocenters. The average molecular weight is 516 g/mol. The minimum atomic E-state index is 0.881. The van der Waals surface area contributed by atoms with Gasteiger partial charge in [-0.15, -0.1) is 0 Å². The predicted octanol–water partition coefficient (Wildman–Crippen LogP) is 9.42. The second-order valence-corrected chi connectivity index (χ2v) is 10.3. The third kappa shape index (κ3) is 3.13. The Morgan fingerprint density at radius 3 is 2.08 bits per heavy atom. The first kappa shape index (κ1) is 22.7. The van der Waals surface area contributed by atoms with E-state index in [0.29, 0.717) is 0 Å². The van der Waals surface area contributed by atoms with Gasteiger partial charge < -0.3 is 8.98 Å². The van der Waals surface area contributed by atoms with Gasteiger partial charge in [0, 0.05) is 50.8 Å². The highest BCUT2D eigenvalue weighted by Gasteiger charge is 2.26. The fourth-order valence-electron chi connectivity index (χ4n) is 6.34. The first-order chi connectivity index (χ1) is 19.7. The molecule has 190 valence electrons. The van der Waals surface area contributed by atoms with Gasteiger partial charge in [-0.2, -0.15) is 0 Å². The van der Waals surface area contributed by atoms with Crippen molar-refractivity contribution in [2.75, 3.05) is 0 Å². The summed E-state index contributed by atoms with van der Waals surface area (Å²) in [4.78, 5) is 9.45. The summed E-state index contributed by atoms with van der Waals surface area (Å²) in [5.74, 6) is 0. The Kier molecular flexibility index (Phi) is 4.92. The molecule has 0 bridgehead atoms. The summed E-state index contributed by atoms with van der Waals surface area (Å²) in [5.41, 5.74) is 11.6. The van der Waals surface area contributed by atoms with Crippen LogP contribution in [0, 0.1) is 13.8 Å². The van der Waals surface area contributed by atoms with Crippen molar-refractivity contribution in [3.05, 3.63) is 127 Å². The number of nitrogens with zero attached hydrogens (tertiary/aromatic N) is 3. The van der Waals surface area contributed by atoms with Gasteiger partial charge in [0.1, 0.15) is 11.2 Å². The molecule has 8 aromatic rings.